The Bertz CT molecular complexity index is 686. The van der Waals surface area contributed by atoms with Crippen LogP contribution in [-0.4, -0.2) is 24.1 Å². The summed E-state index contributed by atoms with van der Waals surface area (Å²) in [6.07, 6.45) is 0.851. The molecular formula is C17H16N2O2. The number of urea groups is 1. The van der Waals surface area contributed by atoms with Crippen molar-refractivity contribution in [2.75, 3.05) is 18.5 Å². The van der Waals surface area contributed by atoms with Gasteiger partial charge in [-0.1, -0.05) is 48.5 Å². The number of carbonyl (C=O) groups is 1. The minimum Gasteiger partial charge on any atom is -0.347 e. The first-order valence-electron chi connectivity index (χ1n) is 7.20. The van der Waals surface area contributed by atoms with Crippen LogP contribution in [-0.2, 0) is 10.5 Å². The van der Waals surface area contributed by atoms with Crippen LogP contribution in [0.25, 0.3) is 0 Å². The molecule has 1 saturated heterocycles. The van der Waals surface area contributed by atoms with Crippen molar-refractivity contribution in [2.24, 2.45) is 0 Å². The van der Waals surface area contributed by atoms with Gasteiger partial charge < -0.3 is 10.1 Å². The first kappa shape index (κ1) is 12.4. The Morgan fingerprint density at radius 3 is 2.67 bits per heavy atom. The van der Waals surface area contributed by atoms with Crippen LogP contribution in [0.2, 0.25) is 0 Å². The molecule has 2 heterocycles. The summed E-state index contributed by atoms with van der Waals surface area (Å²) < 4.78 is 6.22. The maximum atomic E-state index is 12.5. The molecule has 1 unspecified atom stereocenters. The molecule has 4 rings (SSSR count). The fourth-order valence-corrected chi connectivity index (χ4v) is 3.27. The summed E-state index contributed by atoms with van der Waals surface area (Å²) in [5.41, 5.74) is 2.00. The van der Waals surface area contributed by atoms with Gasteiger partial charge in [0, 0.05) is 17.7 Å². The van der Waals surface area contributed by atoms with Crippen LogP contribution < -0.4 is 5.32 Å². The number of para-hydroxylation sites is 1. The van der Waals surface area contributed by atoms with Crippen molar-refractivity contribution in [3.05, 3.63) is 65.7 Å². The van der Waals surface area contributed by atoms with Crippen molar-refractivity contribution in [1.82, 2.24) is 4.90 Å². The van der Waals surface area contributed by atoms with Crippen LogP contribution in [0.5, 0.6) is 0 Å². The third-order valence-corrected chi connectivity index (χ3v) is 4.16. The molecule has 1 atom stereocenters. The van der Waals surface area contributed by atoms with Gasteiger partial charge in [-0.05, 0) is 12.5 Å². The Labute approximate surface area is 123 Å². The van der Waals surface area contributed by atoms with Crippen molar-refractivity contribution < 1.29 is 9.53 Å². The summed E-state index contributed by atoms with van der Waals surface area (Å²) >= 11 is 0. The molecule has 21 heavy (non-hydrogen) atoms. The van der Waals surface area contributed by atoms with Crippen LogP contribution >= 0.6 is 0 Å². The number of hydrogen-bond acceptors (Lipinski definition) is 2. The van der Waals surface area contributed by atoms with Gasteiger partial charge in [0.25, 0.3) is 0 Å². The zero-order chi connectivity index (χ0) is 14.3. The van der Waals surface area contributed by atoms with E-state index < -0.39 is 5.72 Å². The number of carbonyl (C=O) groups excluding carboxylic acids is 1. The zero-order valence-electron chi connectivity index (χ0n) is 11.6. The molecule has 2 aliphatic rings. The molecule has 2 aliphatic heterocycles. The second-order valence-corrected chi connectivity index (χ2v) is 5.34. The molecule has 2 aromatic rings. The highest BCUT2D eigenvalue weighted by molar-refractivity contribution is 5.94. The smallest absolute Gasteiger partial charge is 0.324 e. The molecule has 0 spiro atoms. The molecule has 0 saturated carbocycles. The lowest BCUT2D eigenvalue weighted by atomic mass is 9.88. The minimum atomic E-state index is -0.807. The van der Waals surface area contributed by atoms with Gasteiger partial charge in [0.05, 0.1) is 12.3 Å². The monoisotopic (exact) mass is 280 g/mol. The molecule has 0 radical (unpaired) electrons. The highest BCUT2D eigenvalue weighted by Gasteiger charge is 2.50. The zero-order valence-corrected chi connectivity index (χ0v) is 11.6. The lowest BCUT2D eigenvalue weighted by Crippen LogP contribution is -2.59. The third kappa shape index (κ3) is 1.69. The van der Waals surface area contributed by atoms with E-state index in [-0.39, 0.29) is 6.03 Å². The molecule has 4 nitrogen and oxygen atoms in total. The van der Waals surface area contributed by atoms with Gasteiger partial charge in [-0.3, -0.25) is 4.90 Å². The molecule has 106 valence electrons. The van der Waals surface area contributed by atoms with E-state index in [1.165, 1.54) is 0 Å². The molecular weight excluding hydrogens is 264 g/mol. The van der Waals surface area contributed by atoms with E-state index in [4.69, 9.17) is 4.74 Å². The van der Waals surface area contributed by atoms with Crippen LogP contribution in [0, 0.1) is 0 Å². The number of anilines is 1. The normalized spacial score (nSPS) is 24.0. The lowest BCUT2D eigenvalue weighted by Gasteiger charge is -2.50. The molecule has 2 aromatic carbocycles. The number of nitrogens with one attached hydrogen (secondary N) is 1. The van der Waals surface area contributed by atoms with Gasteiger partial charge >= 0.3 is 6.03 Å². The van der Waals surface area contributed by atoms with E-state index in [1.807, 2.05) is 54.6 Å². The van der Waals surface area contributed by atoms with Gasteiger partial charge in [0.1, 0.15) is 0 Å². The minimum absolute atomic E-state index is 0.0998. The predicted molar refractivity (Wildman–Crippen MR) is 80.0 cm³/mol. The van der Waals surface area contributed by atoms with E-state index in [0.29, 0.717) is 13.2 Å². The SMILES string of the molecule is O=C1Nc2ccccc2C2(c3ccccc3)OCCCN12. The number of fused-ring (bicyclic) bond motifs is 3. The van der Waals surface area contributed by atoms with Gasteiger partial charge in [0.15, 0.2) is 5.72 Å². The topological polar surface area (TPSA) is 41.6 Å². The van der Waals surface area contributed by atoms with Crippen molar-refractivity contribution in [3.63, 3.8) is 0 Å². The molecule has 0 bridgehead atoms. The maximum Gasteiger partial charge on any atom is 0.324 e. The maximum absolute atomic E-state index is 12.5. The Balaban J connectivity index is 2.00. The summed E-state index contributed by atoms with van der Waals surface area (Å²) in [6, 6.07) is 17.7. The standard InChI is InChI=1S/C17H16N2O2/c20-16-18-15-10-5-4-9-14(15)17(13-7-2-1-3-8-13)19(16)11-6-12-21-17/h1-5,7-10H,6,11-12H2,(H,18,20). The van der Waals surface area contributed by atoms with Gasteiger partial charge in [-0.25, -0.2) is 4.79 Å². The average Bonchev–Trinajstić information content (AvgIpc) is 2.56. The van der Waals surface area contributed by atoms with E-state index in [9.17, 15) is 4.79 Å². The Hall–Kier alpha value is -2.33. The Morgan fingerprint density at radius 1 is 1.05 bits per heavy atom. The Morgan fingerprint density at radius 2 is 1.81 bits per heavy atom. The van der Waals surface area contributed by atoms with Crippen LogP contribution in [0.4, 0.5) is 10.5 Å². The largest absolute Gasteiger partial charge is 0.347 e. The van der Waals surface area contributed by atoms with Crippen molar-refractivity contribution >= 4 is 11.7 Å². The summed E-state index contributed by atoms with van der Waals surface area (Å²) in [4.78, 5) is 14.3. The van der Waals surface area contributed by atoms with Crippen LogP contribution in [0.3, 0.4) is 0 Å². The fraction of sp³-hybridized carbons (Fsp3) is 0.235. The molecule has 1 fully saturated rings. The highest BCUT2D eigenvalue weighted by atomic mass is 16.5. The molecule has 1 N–H and O–H groups in total. The number of nitrogens with zero attached hydrogens (tertiary/aromatic N) is 1. The summed E-state index contributed by atoms with van der Waals surface area (Å²) in [5, 5.41) is 2.96. The summed E-state index contributed by atoms with van der Waals surface area (Å²) in [7, 11) is 0. The van der Waals surface area contributed by atoms with Crippen LogP contribution in [0.15, 0.2) is 54.6 Å². The van der Waals surface area contributed by atoms with Gasteiger partial charge in [-0.15, -0.1) is 0 Å². The predicted octanol–water partition coefficient (Wildman–Crippen LogP) is 3.16. The second kappa shape index (κ2) is 4.60. The number of hydrogen-bond donors (Lipinski definition) is 1. The van der Waals surface area contributed by atoms with Crippen LogP contribution in [0.1, 0.15) is 17.5 Å². The van der Waals surface area contributed by atoms with Crippen molar-refractivity contribution in [1.29, 1.82) is 0 Å². The molecule has 4 heteroatoms. The van der Waals surface area contributed by atoms with E-state index >= 15 is 0 Å². The quantitative estimate of drug-likeness (QED) is 0.871. The van der Waals surface area contributed by atoms with E-state index in [1.54, 1.807) is 4.90 Å². The molecule has 0 aromatic heterocycles. The van der Waals surface area contributed by atoms with E-state index in [0.717, 1.165) is 23.2 Å². The summed E-state index contributed by atoms with van der Waals surface area (Å²) in [5.74, 6) is 0. The summed E-state index contributed by atoms with van der Waals surface area (Å²) in [6.45, 7) is 1.34. The van der Waals surface area contributed by atoms with Crippen molar-refractivity contribution in [2.45, 2.75) is 12.1 Å². The number of amides is 2. The highest BCUT2D eigenvalue weighted by Crippen LogP contribution is 2.45. The number of rotatable bonds is 1. The van der Waals surface area contributed by atoms with E-state index in [2.05, 4.69) is 5.32 Å². The number of benzene rings is 2. The third-order valence-electron chi connectivity index (χ3n) is 4.16. The second-order valence-electron chi connectivity index (χ2n) is 5.34. The first-order chi connectivity index (χ1) is 10.3. The average molecular weight is 280 g/mol. The first-order valence-corrected chi connectivity index (χ1v) is 7.20. The number of ether oxygens (including phenoxy) is 1. The van der Waals surface area contributed by atoms with Gasteiger partial charge in [0.2, 0.25) is 0 Å². The fourth-order valence-electron chi connectivity index (χ4n) is 3.27. The Kier molecular flexibility index (Phi) is 2.72. The molecule has 0 aliphatic carbocycles. The molecule has 2 amide bonds. The van der Waals surface area contributed by atoms with Gasteiger partial charge in [-0.2, -0.15) is 0 Å². The lowest BCUT2D eigenvalue weighted by molar-refractivity contribution is -0.142. The van der Waals surface area contributed by atoms with Crippen molar-refractivity contribution in [3.8, 4) is 0 Å².